The lowest BCUT2D eigenvalue weighted by atomic mass is 10.3. The van der Waals surface area contributed by atoms with Crippen molar-refractivity contribution in [3.8, 4) is 5.88 Å². The number of nitrogens with two attached hydrogens (primary N) is 1. The molecule has 1 aromatic heterocycles. The van der Waals surface area contributed by atoms with Gasteiger partial charge in [0.05, 0.1) is 13.2 Å². The Labute approximate surface area is 108 Å². The van der Waals surface area contributed by atoms with Gasteiger partial charge < -0.3 is 20.5 Å². The minimum atomic E-state index is 0.0641. The summed E-state index contributed by atoms with van der Waals surface area (Å²) in [5, 5.41) is 9.07. The fraction of sp³-hybridized carbons (Fsp3) is 0.667. The van der Waals surface area contributed by atoms with Gasteiger partial charge in [-0.3, -0.25) is 0 Å². The molecule has 6 nitrogen and oxygen atoms in total. The van der Waals surface area contributed by atoms with E-state index >= 15 is 0 Å². The number of nitrogen functional groups attached to an aromatic ring is 1. The van der Waals surface area contributed by atoms with Crippen LogP contribution in [0.3, 0.4) is 0 Å². The number of rotatable bonds is 8. The maximum Gasteiger partial charge on any atom is 0.242 e. The van der Waals surface area contributed by atoms with Crippen LogP contribution >= 0.6 is 0 Å². The smallest absolute Gasteiger partial charge is 0.242 e. The predicted molar refractivity (Wildman–Crippen MR) is 71.8 cm³/mol. The molecule has 0 fully saturated rings. The van der Waals surface area contributed by atoms with Crippen LogP contribution in [0.5, 0.6) is 5.88 Å². The van der Waals surface area contributed by atoms with Crippen molar-refractivity contribution in [2.45, 2.75) is 26.7 Å². The lowest BCUT2D eigenvalue weighted by Gasteiger charge is -2.23. The van der Waals surface area contributed by atoms with Gasteiger partial charge in [-0.25, -0.2) is 4.98 Å². The first-order valence-corrected chi connectivity index (χ1v) is 6.33. The van der Waals surface area contributed by atoms with Crippen LogP contribution in [-0.2, 0) is 0 Å². The maximum absolute atomic E-state index is 9.07. The quantitative estimate of drug-likeness (QED) is 0.721. The zero-order valence-corrected chi connectivity index (χ0v) is 11.1. The molecule has 0 spiro atoms. The number of aromatic nitrogens is 2. The SMILES string of the molecule is CCCOc1ncnc(N(CCC)CCO)c1N. The summed E-state index contributed by atoms with van der Waals surface area (Å²) < 4.78 is 5.47. The van der Waals surface area contributed by atoms with E-state index in [-0.39, 0.29) is 6.61 Å². The van der Waals surface area contributed by atoms with Gasteiger partial charge in [-0.05, 0) is 12.8 Å². The zero-order chi connectivity index (χ0) is 13.4. The van der Waals surface area contributed by atoms with Gasteiger partial charge in [0.15, 0.2) is 5.82 Å². The van der Waals surface area contributed by atoms with Gasteiger partial charge in [0, 0.05) is 13.1 Å². The summed E-state index contributed by atoms with van der Waals surface area (Å²) in [5.74, 6) is 1.05. The third-order valence-electron chi connectivity index (χ3n) is 2.43. The Morgan fingerprint density at radius 1 is 1.28 bits per heavy atom. The van der Waals surface area contributed by atoms with E-state index in [9.17, 15) is 0 Å². The molecule has 0 aliphatic heterocycles. The van der Waals surface area contributed by atoms with Crippen molar-refractivity contribution in [2.75, 3.05) is 36.9 Å². The Balaban J connectivity index is 2.91. The average Bonchev–Trinajstić information content (AvgIpc) is 2.37. The lowest BCUT2D eigenvalue weighted by molar-refractivity contribution is 0.300. The fourth-order valence-corrected chi connectivity index (χ4v) is 1.65. The number of aliphatic hydroxyl groups is 1. The molecule has 0 saturated carbocycles. The maximum atomic E-state index is 9.07. The largest absolute Gasteiger partial charge is 0.476 e. The third-order valence-corrected chi connectivity index (χ3v) is 2.43. The van der Waals surface area contributed by atoms with Crippen molar-refractivity contribution in [1.82, 2.24) is 9.97 Å². The third kappa shape index (κ3) is 3.73. The van der Waals surface area contributed by atoms with E-state index in [4.69, 9.17) is 15.6 Å². The van der Waals surface area contributed by atoms with Gasteiger partial charge in [0.25, 0.3) is 0 Å². The Morgan fingerprint density at radius 3 is 2.67 bits per heavy atom. The minimum Gasteiger partial charge on any atom is -0.476 e. The van der Waals surface area contributed by atoms with Crippen LogP contribution in [0, 0.1) is 0 Å². The summed E-state index contributed by atoms with van der Waals surface area (Å²) >= 11 is 0. The molecule has 0 amide bonds. The summed E-state index contributed by atoms with van der Waals surface area (Å²) in [6, 6.07) is 0. The summed E-state index contributed by atoms with van der Waals surface area (Å²) in [6.45, 7) is 6.02. The second kappa shape index (κ2) is 7.71. The first-order chi connectivity index (χ1) is 8.74. The Morgan fingerprint density at radius 2 is 2.06 bits per heavy atom. The molecule has 3 N–H and O–H groups in total. The zero-order valence-electron chi connectivity index (χ0n) is 11.1. The van der Waals surface area contributed by atoms with E-state index in [0.29, 0.717) is 30.5 Å². The molecule has 0 radical (unpaired) electrons. The van der Waals surface area contributed by atoms with Gasteiger partial charge in [-0.1, -0.05) is 13.8 Å². The second-order valence-electron chi connectivity index (χ2n) is 3.98. The highest BCUT2D eigenvalue weighted by Crippen LogP contribution is 2.27. The van der Waals surface area contributed by atoms with Crippen LogP contribution in [0.2, 0.25) is 0 Å². The summed E-state index contributed by atoms with van der Waals surface area (Å²) in [4.78, 5) is 10.2. The van der Waals surface area contributed by atoms with Crippen LogP contribution in [0.25, 0.3) is 0 Å². The van der Waals surface area contributed by atoms with Crippen molar-refractivity contribution in [1.29, 1.82) is 0 Å². The van der Waals surface area contributed by atoms with Gasteiger partial charge in [0.1, 0.15) is 12.0 Å². The monoisotopic (exact) mass is 254 g/mol. The Bertz CT molecular complexity index is 354. The molecule has 18 heavy (non-hydrogen) atoms. The molecule has 1 aromatic rings. The highest BCUT2D eigenvalue weighted by atomic mass is 16.5. The van der Waals surface area contributed by atoms with Crippen molar-refractivity contribution < 1.29 is 9.84 Å². The first kappa shape index (κ1) is 14.5. The molecule has 102 valence electrons. The van der Waals surface area contributed by atoms with Gasteiger partial charge in [-0.2, -0.15) is 4.98 Å². The number of aliphatic hydroxyl groups excluding tert-OH is 1. The Hall–Kier alpha value is -1.56. The van der Waals surface area contributed by atoms with E-state index in [2.05, 4.69) is 16.9 Å². The van der Waals surface area contributed by atoms with Crippen LogP contribution < -0.4 is 15.4 Å². The second-order valence-corrected chi connectivity index (χ2v) is 3.98. The molecule has 0 bridgehead atoms. The number of ether oxygens (including phenoxy) is 1. The molecule has 0 unspecified atom stereocenters. The van der Waals surface area contributed by atoms with Gasteiger partial charge in [0.2, 0.25) is 5.88 Å². The molecule has 1 heterocycles. The van der Waals surface area contributed by atoms with E-state index in [1.807, 2.05) is 11.8 Å². The molecule has 6 heteroatoms. The van der Waals surface area contributed by atoms with Crippen molar-refractivity contribution in [3.05, 3.63) is 6.33 Å². The topological polar surface area (TPSA) is 84.5 Å². The highest BCUT2D eigenvalue weighted by Gasteiger charge is 2.14. The molecular weight excluding hydrogens is 232 g/mol. The summed E-state index contributed by atoms with van der Waals surface area (Å²) in [6.07, 6.45) is 3.29. The number of nitrogens with zero attached hydrogens (tertiary/aromatic N) is 3. The number of hydrogen-bond donors (Lipinski definition) is 2. The summed E-state index contributed by atoms with van der Waals surface area (Å²) in [7, 11) is 0. The minimum absolute atomic E-state index is 0.0641. The van der Waals surface area contributed by atoms with Crippen LogP contribution in [0.15, 0.2) is 6.33 Å². The highest BCUT2D eigenvalue weighted by molar-refractivity contribution is 5.67. The standard InChI is InChI=1S/C12H22N4O2/c1-3-5-16(6-7-17)11-10(13)12(15-9-14-11)18-8-4-2/h9,17H,3-8,13H2,1-2H3. The molecule has 0 aliphatic rings. The van der Waals surface area contributed by atoms with Crippen molar-refractivity contribution >= 4 is 11.5 Å². The number of anilines is 2. The summed E-state index contributed by atoms with van der Waals surface area (Å²) in [5.41, 5.74) is 6.45. The average molecular weight is 254 g/mol. The molecule has 0 aliphatic carbocycles. The van der Waals surface area contributed by atoms with Crippen molar-refractivity contribution in [2.24, 2.45) is 0 Å². The Kier molecular flexibility index (Phi) is 6.21. The van der Waals surface area contributed by atoms with Crippen LogP contribution in [0.1, 0.15) is 26.7 Å². The lowest BCUT2D eigenvalue weighted by Crippen LogP contribution is -2.29. The molecule has 1 rings (SSSR count). The fourth-order valence-electron chi connectivity index (χ4n) is 1.65. The molecule has 0 aromatic carbocycles. The number of hydrogen-bond acceptors (Lipinski definition) is 6. The van der Waals surface area contributed by atoms with E-state index in [1.165, 1.54) is 6.33 Å². The first-order valence-electron chi connectivity index (χ1n) is 6.33. The van der Waals surface area contributed by atoms with Crippen LogP contribution in [-0.4, -0.2) is 41.4 Å². The molecule has 0 atom stereocenters. The van der Waals surface area contributed by atoms with E-state index in [0.717, 1.165) is 19.4 Å². The molecule has 0 saturated heterocycles. The van der Waals surface area contributed by atoms with Gasteiger partial charge >= 0.3 is 0 Å². The van der Waals surface area contributed by atoms with Crippen molar-refractivity contribution in [3.63, 3.8) is 0 Å². The van der Waals surface area contributed by atoms with Crippen LogP contribution in [0.4, 0.5) is 11.5 Å². The van der Waals surface area contributed by atoms with E-state index in [1.54, 1.807) is 0 Å². The normalized spacial score (nSPS) is 10.4. The predicted octanol–water partition coefficient (Wildman–Crippen LogP) is 1.06. The van der Waals surface area contributed by atoms with E-state index < -0.39 is 0 Å². The molecular formula is C12H22N4O2. The van der Waals surface area contributed by atoms with Gasteiger partial charge in [-0.15, -0.1) is 0 Å².